The zero-order valence-corrected chi connectivity index (χ0v) is 13.5. The number of ether oxygens (including phenoxy) is 1. The fourth-order valence-corrected chi connectivity index (χ4v) is 2.75. The monoisotopic (exact) mass is 329 g/mol. The van der Waals surface area contributed by atoms with Crippen LogP contribution in [0.1, 0.15) is 23.0 Å². The van der Waals surface area contributed by atoms with Crippen LogP contribution in [-0.4, -0.2) is 57.0 Å². The molecule has 1 aliphatic rings. The van der Waals surface area contributed by atoms with Crippen molar-refractivity contribution < 1.29 is 19.4 Å². The molecule has 0 bridgehead atoms. The maximum atomic E-state index is 12.6. The first-order valence-corrected chi connectivity index (χ1v) is 7.74. The Bertz CT molecular complexity index is 753. The fraction of sp³-hybridized carbons (Fsp3) is 0.353. The lowest BCUT2D eigenvalue weighted by molar-refractivity contribution is -0.160. The molecule has 1 aliphatic heterocycles. The topological polar surface area (TPSA) is 84.7 Å². The number of amides is 1. The minimum Gasteiger partial charge on any atom is -0.479 e. The molecule has 1 saturated heterocycles. The number of aliphatic carboxylic acids is 1. The molecule has 0 aliphatic carbocycles. The van der Waals surface area contributed by atoms with Crippen LogP contribution in [0.4, 0.5) is 0 Å². The predicted molar refractivity (Wildman–Crippen MR) is 86.2 cm³/mol. The second-order valence-electron chi connectivity index (χ2n) is 5.93. The highest BCUT2D eigenvalue weighted by Gasteiger charge is 2.32. The molecule has 1 fully saturated rings. The number of aryl methyl sites for hydroxylation is 1. The molecule has 0 saturated carbocycles. The number of carbonyl (C=O) groups excluding carboxylic acids is 1. The quantitative estimate of drug-likeness (QED) is 0.922. The number of morpholine rings is 1. The summed E-state index contributed by atoms with van der Waals surface area (Å²) in [7, 11) is 0. The Morgan fingerprint density at radius 2 is 1.92 bits per heavy atom. The Morgan fingerprint density at radius 3 is 2.50 bits per heavy atom. The van der Waals surface area contributed by atoms with Gasteiger partial charge in [-0.3, -0.25) is 4.79 Å². The molecule has 126 valence electrons. The first-order chi connectivity index (χ1) is 11.4. The van der Waals surface area contributed by atoms with E-state index in [-0.39, 0.29) is 18.6 Å². The number of nitrogens with zero attached hydrogens (tertiary/aromatic N) is 3. The molecule has 7 heteroatoms. The molecule has 7 nitrogen and oxygen atoms in total. The van der Waals surface area contributed by atoms with E-state index in [1.165, 1.54) is 4.90 Å². The summed E-state index contributed by atoms with van der Waals surface area (Å²) in [4.78, 5) is 25.3. The van der Waals surface area contributed by atoms with Crippen molar-refractivity contribution >= 4 is 11.9 Å². The molecule has 1 N–H and O–H groups in total. The second-order valence-corrected chi connectivity index (χ2v) is 5.93. The molecule has 2 aromatic rings. The van der Waals surface area contributed by atoms with Crippen LogP contribution in [0.15, 0.2) is 36.5 Å². The summed E-state index contributed by atoms with van der Waals surface area (Å²) < 4.78 is 7.08. The Labute approximate surface area is 139 Å². The highest BCUT2D eigenvalue weighted by atomic mass is 16.5. The number of carboxylic acid groups (broad SMARTS) is 1. The minimum atomic E-state index is -1.05. The predicted octanol–water partition coefficient (Wildman–Crippen LogP) is 1.49. The Morgan fingerprint density at radius 1 is 1.21 bits per heavy atom. The molecular formula is C17H19N3O4. The van der Waals surface area contributed by atoms with Gasteiger partial charge in [-0.2, -0.15) is 5.10 Å². The lowest BCUT2D eigenvalue weighted by atomic mass is 10.1. The van der Waals surface area contributed by atoms with Crippen LogP contribution in [0.5, 0.6) is 0 Å². The molecule has 24 heavy (non-hydrogen) atoms. The van der Waals surface area contributed by atoms with E-state index in [9.17, 15) is 9.59 Å². The molecule has 1 unspecified atom stereocenters. The third-order valence-corrected chi connectivity index (χ3v) is 3.92. The van der Waals surface area contributed by atoms with Crippen molar-refractivity contribution in [3.05, 3.63) is 47.8 Å². The smallest absolute Gasteiger partial charge is 0.334 e. The van der Waals surface area contributed by atoms with E-state index >= 15 is 0 Å². The van der Waals surface area contributed by atoms with Crippen molar-refractivity contribution in [3.8, 4) is 5.69 Å². The van der Waals surface area contributed by atoms with Gasteiger partial charge < -0.3 is 14.7 Å². The number of hydrogen-bond acceptors (Lipinski definition) is 4. The van der Waals surface area contributed by atoms with Gasteiger partial charge in [-0.15, -0.1) is 0 Å². The number of rotatable bonds is 3. The number of carbonyl (C=O) groups is 2. The highest BCUT2D eigenvalue weighted by Crippen LogP contribution is 2.16. The van der Waals surface area contributed by atoms with Gasteiger partial charge in [0.05, 0.1) is 24.0 Å². The van der Waals surface area contributed by atoms with Crippen LogP contribution in [0.2, 0.25) is 0 Å². The Hall–Kier alpha value is -2.67. The molecule has 1 aromatic heterocycles. The van der Waals surface area contributed by atoms with Crippen molar-refractivity contribution in [2.45, 2.75) is 26.1 Å². The van der Waals surface area contributed by atoms with Gasteiger partial charge in [-0.05, 0) is 44.2 Å². The highest BCUT2D eigenvalue weighted by molar-refractivity contribution is 5.94. The van der Waals surface area contributed by atoms with Gasteiger partial charge in [0, 0.05) is 18.3 Å². The van der Waals surface area contributed by atoms with Gasteiger partial charge in [-0.25, -0.2) is 9.48 Å². The summed E-state index contributed by atoms with van der Waals surface area (Å²) in [6, 6.07) is 8.99. The molecule has 2 atom stereocenters. The maximum Gasteiger partial charge on any atom is 0.334 e. The summed E-state index contributed by atoms with van der Waals surface area (Å²) in [6.07, 6.45) is 0.562. The second kappa shape index (κ2) is 6.45. The lowest BCUT2D eigenvalue weighted by Gasteiger charge is -2.35. The van der Waals surface area contributed by atoms with E-state index < -0.39 is 12.1 Å². The van der Waals surface area contributed by atoms with Crippen molar-refractivity contribution in [3.63, 3.8) is 0 Å². The van der Waals surface area contributed by atoms with Gasteiger partial charge in [0.15, 0.2) is 6.10 Å². The SMILES string of the molecule is Cc1ccn(-c2ccc(C(=O)N3CC(C(=O)O)O[C@H](C)C3)cc2)n1. The summed E-state index contributed by atoms with van der Waals surface area (Å²) >= 11 is 0. The summed E-state index contributed by atoms with van der Waals surface area (Å²) in [6.45, 7) is 4.10. The first-order valence-electron chi connectivity index (χ1n) is 7.74. The van der Waals surface area contributed by atoms with Gasteiger partial charge in [0.25, 0.3) is 5.91 Å². The van der Waals surface area contributed by atoms with Crippen molar-refractivity contribution in [2.24, 2.45) is 0 Å². The van der Waals surface area contributed by atoms with E-state index in [0.717, 1.165) is 11.4 Å². The molecule has 1 aromatic carbocycles. The molecule has 3 rings (SSSR count). The van der Waals surface area contributed by atoms with Gasteiger partial charge in [-0.1, -0.05) is 0 Å². The van der Waals surface area contributed by atoms with Crippen molar-refractivity contribution in [1.82, 2.24) is 14.7 Å². The summed E-state index contributed by atoms with van der Waals surface area (Å²) in [5.41, 5.74) is 2.29. The standard InChI is InChI=1S/C17H19N3O4/c1-11-7-8-20(18-11)14-5-3-13(4-6-14)16(21)19-9-12(2)24-15(10-19)17(22)23/h3-8,12,15H,9-10H2,1-2H3,(H,22,23)/t12-,15?/m1/s1. The van der Waals surface area contributed by atoms with Gasteiger partial charge in [0.2, 0.25) is 0 Å². The van der Waals surface area contributed by atoms with Crippen LogP contribution in [0, 0.1) is 6.92 Å². The largest absolute Gasteiger partial charge is 0.479 e. The fourth-order valence-electron chi connectivity index (χ4n) is 2.75. The minimum absolute atomic E-state index is 0.0542. The number of hydrogen-bond donors (Lipinski definition) is 1. The van der Waals surface area contributed by atoms with Gasteiger partial charge >= 0.3 is 5.97 Å². The Balaban J connectivity index is 1.76. The molecule has 0 radical (unpaired) electrons. The van der Waals surface area contributed by atoms with E-state index in [4.69, 9.17) is 9.84 Å². The third kappa shape index (κ3) is 3.30. The lowest BCUT2D eigenvalue weighted by Crippen LogP contribution is -2.51. The third-order valence-electron chi connectivity index (χ3n) is 3.92. The summed E-state index contributed by atoms with van der Waals surface area (Å²) in [5.74, 6) is -1.25. The zero-order chi connectivity index (χ0) is 17.3. The summed E-state index contributed by atoms with van der Waals surface area (Å²) in [5, 5.41) is 13.4. The van der Waals surface area contributed by atoms with Gasteiger partial charge in [0.1, 0.15) is 0 Å². The first kappa shape index (κ1) is 16.2. The van der Waals surface area contributed by atoms with Crippen molar-refractivity contribution in [1.29, 1.82) is 0 Å². The van der Waals surface area contributed by atoms with Crippen LogP contribution >= 0.6 is 0 Å². The Kier molecular flexibility index (Phi) is 4.35. The van der Waals surface area contributed by atoms with Crippen LogP contribution in [0.25, 0.3) is 5.69 Å². The molecule has 2 heterocycles. The number of carboxylic acids is 1. The maximum absolute atomic E-state index is 12.6. The molecule has 0 spiro atoms. The van der Waals surface area contributed by atoms with E-state index in [1.54, 1.807) is 23.7 Å². The average Bonchev–Trinajstić information content (AvgIpc) is 3.00. The number of benzene rings is 1. The van der Waals surface area contributed by atoms with E-state index in [1.807, 2.05) is 31.3 Å². The van der Waals surface area contributed by atoms with Crippen LogP contribution in [0.3, 0.4) is 0 Å². The molecular weight excluding hydrogens is 310 g/mol. The van der Waals surface area contributed by atoms with E-state index in [0.29, 0.717) is 12.1 Å². The molecule has 1 amide bonds. The van der Waals surface area contributed by atoms with Crippen LogP contribution < -0.4 is 0 Å². The van der Waals surface area contributed by atoms with E-state index in [2.05, 4.69) is 5.10 Å². The number of aromatic nitrogens is 2. The average molecular weight is 329 g/mol. The van der Waals surface area contributed by atoms with Crippen LogP contribution in [-0.2, 0) is 9.53 Å². The zero-order valence-electron chi connectivity index (χ0n) is 13.5. The van der Waals surface area contributed by atoms with Crippen molar-refractivity contribution in [2.75, 3.05) is 13.1 Å². The normalized spacial score (nSPS) is 20.8.